The van der Waals surface area contributed by atoms with Crippen molar-refractivity contribution in [1.29, 1.82) is 0 Å². The summed E-state index contributed by atoms with van der Waals surface area (Å²) in [6.07, 6.45) is 1.14. The number of amides is 1. The van der Waals surface area contributed by atoms with Gasteiger partial charge in [-0.3, -0.25) is 4.79 Å². The molecule has 0 fully saturated rings. The standard InChI is InChI=1S/C19H27N5O3S/c1-13(2)11-15-12-17(24-19(20)23-15)18(25)21-9-4-10-22-28(26,27)16-7-5-14(3)6-8-16/h5-8,12-13,22H,4,9-11H2,1-3H3,(H,21,25)(H2,20,23,24). The number of nitrogens with zero attached hydrogens (tertiary/aromatic N) is 2. The molecule has 1 aromatic carbocycles. The summed E-state index contributed by atoms with van der Waals surface area (Å²) in [6.45, 7) is 6.51. The third-order valence-corrected chi connectivity index (χ3v) is 5.39. The summed E-state index contributed by atoms with van der Waals surface area (Å²) < 4.78 is 26.9. The smallest absolute Gasteiger partial charge is 0.270 e. The van der Waals surface area contributed by atoms with Crippen molar-refractivity contribution >= 4 is 21.9 Å². The first-order valence-electron chi connectivity index (χ1n) is 9.15. The second kappa shape index (κ2) is 9.61. The Morgan fingerprint density at radius 2 is 1.82 bits per heavy atom. The lowest BCUT2D eigenvalue weighted by molar-refractivity contribution is 0.0948. The number of hydrogen-bond acceptors (Lipinski definition) is 6. The molecule has 0 bridgehead atoms. The minimum atomic E-state index is -3.55. The van der Waals surface area contributed by atoms with Gasteiger partial charge in [0.1, 0.15) is 5.69 Å². The summed E-state index contributed by atoms with van der Waals surface area (Å²) in [4.78, 5) is 20.6. The van der Waals surface area contributed by atoms with Gasteiger partial charge in [0, 0.05) is 18.8 Å². The zero-order valence-electron chi connectivity index (χ0n) is 16.4. The van der Waals surface area contributed by atoms with E-state index in [2.05, 4.69) is 33.9 Å². The van der Waals surface area contributed by atoms with Gasteiger partial charge in [-0.1, -0.05) is 31.5 Å². The number of nitrogens with one attached hydrogen (secondary N) is 2. The number of aromatic nitrogens is 2. The number of nitrogen functional groups attached to an aromatic ring is 1. The fraction of sp³-hybridized carbons (Fsp3) is 0.421. The van der Waals surface area contributed by atoms with Gasteiger partial charge in [-0.2, -0.15) is 0 Å². The topological polar surface area (TPSA) is 127 Å². The number of benzene rings is 1. The summed E-state index contributed by atoms with van der Waals surface area (Å²) in [5, 5.41) is 2.72. The number of carbonyl (C=O) groups excluding carboxylic acids is 1. The molecule has 0 radical (unpaired) electrons. The van der Waals surface area contributed by atoms with Gasteiger partial charge in [-0.05, 0) is 43.9 Å². The molecule has 2 rings (SSSR count). The molecule has 28 heavy (non-hydrogen) atoms. The molecule has 2 aromatic rings. The van der Waals surface area contributed by atoms with E-state index in [4.69, 9.17) is 5.73 Å². The first-order valence-corrected chi connectivity index (χ1v) is 10.6. The molecule has 0 aliphatic rings. The second-order valence-corrected chi connectivity index (χ2v) is 8.79. The van der Waals surface area contributed by atoms with Gasteiger partial charge in [0.15, 0.2) is 0 Å². The summed E-state index contributed by atoms with van der Waals surface area (Å²) in [5.74, 6) is 0.0846. The number of hydrogen-bond donors (Lipinski definition) is 3. The van der Waals surface area contributed by atoms with Crippen molar-refractivity contribution in [2.45, 2.75) is 38.5 Å². The van der Waals surface area contributed by atoms with E-state index >= 15 is 0 Å². The number of aryl methyl sites for hydroxylation is 1. The quantitative estimate of drug-likeness (QED) is 0.545. The Labute approximate surface area is 166 Å². The van der Waals surface area contributed by atoms with Crippen LogP contribution in [0.15, 0.2) is 35.2 Å². The van der Waals surface area contributed by atoms with Crippen LogP contribution in [0.4, 0.5) is 5.95 Å². The lowest BCUT2D eigenvalue weighted by atomic mass is 10.1. The third-order valence-electron chi connectivity index (χ3n) is 3.91. The largest absolute Gasteiger partial charge is 0.368 e. The highest BCUT2D eigenvalue weighted by molar-refractivity contribution is 7.89. The van der Waals surface area contributed by atoms with E-state index in [9.17, 15) is 13.2 Å². The molecule has 152 valence electrons. The summed E-state index contributed by atoms with van der Waals surface area (Å²) in [5.41, 5.74) is 7.60. The van der Waals surface area contributed by atoms with Gasteiger partial charge in [0.25, 0.3) is 5.91 Å². The van der Waals surface area contributed by atoms with Crippen LogP contribution in [0.2, 0.25) is 0 Å². The Kier molecular flexibility index (Phi) is 7.47. The molecular formula is C19H27N5O3S. The Bertz CT molecular complexity index is 912. The molecule has 8 nitrogen and oxygen atoms in total. The molecular weight excluding hydrogens is 378 g/mol. The van der Waals surface area contributed by atoms with Gasteiger partial charge in [0.05, 0.1) is 4.90 Å². The van der Waals surface area contributed by atoms with E-state index in [1.54, 1.807) is 30.3 Å². The number of rotatable bonds is 9. The zero-order chi connectivity index (χ0) is 20.7. The minimum absolute atomic E-state index is 0.0640. The van der Waals surface area contributed by atoms with E-state index < -0.39 is 10.0 Å². The molecule has 0 aliphatic heterocycles. The van der Waals surface area contributed by atoms with Crippen LogP contribution in [0.25, 0.3) is 0 Å². The molecule has 0 aliphatic carbocycles. The van der Waals surface area contributed by atoms with Crippen molar-refractivity contribution in [1.82, 2.24) is 20.0 Å². The van der Waals surface area contributed by atoms with Crippen molar-refractivity contribution in [2.24, 2.45) is 5.92 Å². The maximum absolute atomic E-state index is 12.3. The summed E-state index contributed by atoms with van der Waals surface area (Å²) in [7, 11) is -3.55. The normalized spacial score (nSPS) is 11.6. The average Bonchev–Trinajstić information content (AvgIpc) is 2.60. The average molecular weight is 406 g/mol. The first kappa shape index (κ1) is 21.8. The monoisotopic (exact) mass is 405 g/mol. The van der Waals surface area contributed by atoms with Crippen molar-refractivity contribution < 1.29 is 13.2 Å². The van der Waals surface area contributed by atoms with Crippen molar-refractivity contribution in [3.63, 3.8) is 0 Å². The fourth-order valence-corrected chi connectivity index (χ4v) is 3.62. The minimum Gasteiger partial charge on any atom is -0.368 e. The molecule has 1 heterocycles. The predicted octanol–water partition coefficient (Wildman–Crippen LogP) is 1.66. The number of carbonyl (C=O) groups is 1. The van der Waals surface area contributed by atoms with Crippen LogP contribution in [-0.4, -0.2) is 37.4 Å². The van der Waals surface area contributed by atoms with Crippen LogP contribution in [0, 0.1) is 12.8 Å². The van der Waals surface area contributed by atoms with Gasteiger partial charge >= 0.3 is 0 Å². The Morgan fingerprint density at radius 1 is 1.14 bits per heavy atom. The van der Waals surface area contributed by atoms with Crippen LogP contribution in [0.1, 0.15) is 42.0 Å². The molecule has 1 amide bonds. The van der Waals surface area contributed by atoms with Gasteiger partial charge in [-0.25, -0.2) is 23.1 Å². The van der Waals surface area contributed by atoms with Crippen molar-refractivity contribution in [3.05, 3.63) is 47.3 Å². The molecule has 0 spiro atoms. The van der Waals surface area contributed by atoms with Gasteiger partial charge in [0.2, 0.25) is 16.0 Å². The molecule has 0 saturated carbocycles. The van der Waals surface area contributed by atoms with E-state index in [1.165, 1.54) is 0 Å². The zero-order valence-corrected chi connectivity index (χ0v) is 17.2. The van der Waals surface area contributed by atoms with Crippen LogP contribution in [0.5, 0.6) is 0 Å². The Balaban J connectivity index is 1.82. The Morgan fingerprint density at radius 3 is 2.46 bits per heavy atom. The Hall–Kier alpha value is -2.52. The maximum atomic E-state index is 12.3. The molecule has 9 heteroatoms. The first-order chi connectivity index (χ1) is 13.2. The van der Waals surface area contributed by atoms with Gasteiger partial charge < -0.3 is 11.1 Å². The summed E-state index contributed by atoms with van der Waals surface area (Å²) in [6, 6.07) is 8.25. The summed E-state index contributed by atoms with van der Waals surface area (Å²) >= 11 is 0. The lowest BCUT2D eigenvalue weighted by Gasteiger charge is -2.09. The fourth-order valence-electron chi connectivity index (χ4n) is 2.55. The highest BCUT2D eigenvalue weighted by atomic mass is 32.2. The predicted molar refractivity (Wildman–Crippen MR) is 108 cm³/mol. The van der Waals surface area contributed by atoms with E-state index in [-0.39, 0.29) is 29.0 Å². The number of anilines is 1. The van der Waals surface area contributed by atoms with Crippen molar-refractivity contribution in [3.8, 4) is 0 Å². The molecule has 4 N–H and O–H groups in total. The van der Waals surface area contributed by atoms with Crippen LogP contribution in [-0.2, 0) is 16.4 Å². The number of sulfonamides is 1. The van der Waals surface area contributed by atoms with E-state index in [0.717, 1.165) is 11.3 Å². The lowest BCUT2D eigenvalue weighted by Crippen LogP contribution is -2.30. The van der Waals surface area contributed by atoms with Crippen LogP contribution in [0.3, 0.4) is 0 Å². The second-order valence-electron chi connectivity index (χ2n) is 7.02. The van der Waals surface area contributed by atoms with E-state index in [0.29, 0.717) is 25.3 Å². The molecule has 0 unspecified atom stereocenters. The molecule has 1 aromatic heterocycles. The third kappa shape index (κ3) is 6.58. The number of nitrogens with two attached hydrogens (primary N) is 1. The van der Waals surface area contributed by atoms with Crippen LogP contribution < -0.4 is 15.8 Å². The maximum Gasteiger partial charge on any atom is 0.270 e. The van der Waals surface area contributed by atoms with E-state index in [1.807, 2.05) is 6.92 Å². The molecule has 0 atom stereocenters. The highest BCUT2D eigenvalue weighted by Crippen LogP contribution is 2.10. The molecule has 0 saturated heterocycles. The SMILES string of the molecule is Cc1ccc(S(=O)(=O)NCCCNC(=O)c2cc(CC(C)C)nc(N)n2)cc1. The van der Waals surface area contributed by atoms with Gasteiger partial charge in [-0.15, -0.1) is 0 Å². The highest BCUT2D eigenvalue weighted by Gasteiger charge is 2.14. The van der Waals surface area contributed by atoms with Crippen LogP contribution >= 0.6 is 0 Å². The van der Waals surface area contributed by atoms with Crippen molar-refractivity contribution in [2.75, 3.05) is 18.8 Å².